The number of anilines is 1. The topological polar surface area (TPSA) is 31.9 Å². The van der Waals surface area contributed by atoms with Crippen LogP contribution in [-0.4, -0.2) is 23.1 Å². The molecule has 0 amide bonds. The largest absolute Gasteiger partial charge is 0.356 e. The van der Waals surface area contributed by atoms with E-state index in [4.69, 9.17) is 11.6 Å². The molecule has 0 spiro atoms. The van der Waals surface area contributed by atoms with Gasteiger partial charge in [0.2, 0.25) is 0 Å². The van der Waals surface area contributed by atoms with Crippen molar-refractivity contribution in [2.24, 2.45) is 0 Å². The highest BCUT2D eigenvalue weighted by molar-refractivity contribution is 6.31. The second kappa shape index (κ2) is 3.35. The van der Waals surface area contributed by atoms with Gasteiger partial charge in [-0.25, -0.2) is 4.98 Å². The lowest BCUT2D eigenvalue weighted by atomic mass is 10.1. The highest BCUT2D eigenvalue weighted by atomic mass is 35.5. The van der Waals surface area contributed by atoms with Gasteiger partial charge in [0.25, 0.3) is 0 Å². The van der Waals surface area contributed by atoms with Crippen LogP contribution in [0.1, 0.15) is 19.3 Å². The van der Waals surface area contributed by atoms with E-state index in [-0.39, 0.29) is 0 Å². The van der Waals surface area contributed by atoms with E-state index in [1.54, 1.807) is 6.33 Å². The second-order valence-electron chi connectivity index (χ2n) is 3.09. The number of halogens is 1. The highest BCUT2D eigenvalue weighted by Gasteiger charge is 2.14. The van der Waals surface area contributed by atoms with E-state index in [0.717, 1.165) is 18.9 Å². The Balaban J connectivity index is 2.13. The Morgan fingerprint density at radius 1 is 1.33 bits per heavy atom. The third kappa shape index (κ3) is 1.41. The Kier molecular flexibility index (Phi) is 2.21. The molecule has 66 valence electrons. The fraction of sp³-hybridized carbons (Fsp3) is 0.625. The molecule has 1 aromatic rings. The molecule has 12 heavy (non-hydrogen) atoms. The summed E-state index contributed by atoms with van der Waals surface area (Å²) >= 11 is 5.89. The number of nitrogens with zero attached hydrogens (tertiary/aromatic N) is 2. The molecular weight excluding hydrogens is 174 g/mol. The summed E-state index contributed by atoms with van der Waals surface area (Å²) in [5.41, 5.74) is 0. The molecule has 0 unspecified atom stereocenters. The average molecular weight is 186 g/mol. The number of nitrogens with one attached hydrogen (secondary N) is 1. The minimum absolute atomic E-state index is 0.594. The molecule has 1 fully saturated rings. The SMILES string of the molecule is Clc1nc[nH]c1N1CCCCC1. The van der Waals surface area contributed by atoms with E-state index in [1.165, 1.54) is 19.3 Å². The highest BCUT2D eigenvalue weighted by Crippen LogP contribution is 2.23. The Hall–Kier alpha value is -0.700. The van der Waals surface area contributed by atoms with Gasteiger partial charge >= 0.3 is 0 Å². The predicted octanol–water partition coefficient (Wildman–Crippen LogP) is 2.05. The van der Waals surface area contributed by atoms with Crippen LogP contribution in [0.25, 0.3) is 0 Å². The summed E-state index contributed by atoms with van der Waals surface area (Å²) in [6.45, 7) is 2.20. The molecule has 0 aromatic carbocycles. The van der Waals surface area contributed by atoms with E-state index >= 15 is 0 Å². The number of hydrogen-bond donors (Lipinski definition) is 1. The van der Waals surface area contributed by atoms with Crippen molar-refractivity contribution in [3.8, 4) is 0 Å². The maximum Gasteiger partial charge on any atom is 0.171 e. The molecule has 2 rings (SSSR count). The van der Waals surface area contributed by atoms with Gasteiger partial charge < -0.3 is 9.88 Å². The fourth-order valence-corrected chi connectivity index (χ4v) is 1.83. The number of aromatic nitrogens is 2. The second-order valence-corrected chi connectivity index (χ2v) is 3.45. The van der Waals surface area contributed by atoms with Crippen molar-refractivity contribution in [3.63, 3.8) is 0 Å². The number of H-pyrrole nitrogens is 1. The molecule has 0 atom stereocenters. The molecule has 2 heterocycles. The number of aromatic amines is 1. The maximum absolute atomic E-state index is 5.89. The summed E-state index contributed by atoms with van der Waals surface area (Å²) in [5, 5.41) is 0.594. The third-order valence-electron chi connectivity index (χ3n) is 2.25. The van der Waals surface area contributed by atoms with Crippen LogP contribution in [-0.2, 0) is 0 Å². The van der Waals surface area contributed by atoms with E-state index in [1.807, 2.05) is 0 Å². The van der Waals surface area contributed by atoms with Crippen molar-refractivity contribution in [2.75, 3.05) is 18.0 Å². The smallest absolute Gasteiger partial charge is 0.171 e. The van der Waals surface area contributed by atoms with Gasteiger partial charge in [-0.3, -0.25) is 0 Å². The molecular formula is C8H12ClN3. The summed E-state index contributed by atoms with van der Waals surface area (Å²) in [5.74, 6) is 0.983. The monoisotopic (exact) mass is 185 g/mol. The standard InChI is InChI=1S/C8H12ClN3/c9-7-8(11-6-10-7)12-4-2-1-3-5-12/h6H,1-5H2,(H,10,11). The Morgan fingerprint density at radius 2 is 2.08 bits per heavy atom. The summed E-state index contributed by atoms with van der Waals surface area (Å²) < 4.78 is 0. The van der Waals surface area contributed by atoms with Crippen molar-refractivity contribution in [1.29, 1.82) is 0 Å². The summed E-state index contributed by atoms with van der Waals surface area (Å²) in [6.07, 6.45) is 5.50. The molecule has 0 aliphatic carbocycles. The van der Waals surface area contributed by atoms with Crippen LogP contribution >= 0.6 is 11.6 Å². The van der Waals surface area contributed by atoms with Gasteiger partial charge in [0.1, 0.15) is 5.82 Å². The van der Waals surface area contributed by atoms with Gasteiger partial charge in [0.15, 0.2) is 5.15 Å². The molecule has 0 saturated carbocycles. The van der Waals surface area contributed by atoms with E-state index in [2.05, 4.69) is 14.9 Å². The molecule has 0 radical (unpaired) electrons. The number of rotatable bonds is 1. The normalized spacial score (nSPS) is 18.2. The zero-order valence-electron chi connectivity index (χ0n) is 6.89. The molecule has 1 aliphatic heterocycles. The predicted molar refractivity (Wildman–Crippen MR) is 49.7 cm³/mol. The molecule has 1 aromatic heterocycles. The van der Waals surface area contributed by atoms with Crippen LogP contribution in [0.3, 0.4) is 0 Å². The van der Waals surface area contributed by atoms with Crippen molar-refractivity contribution in [1.82, 2.24) is 9.97 Å². The molecule has 0 bridgehead atoms. The van der Waals surface area contributed by atoms with E-state index in [0.29, 0.717) is 5.15 Å². The molecule has 1 aliphatic rings. The third-order valence-corrected chi connectivity index (χ3v) is 2.52. The number of imidazole rings is 1. The van der Waals surface area contributed by atoms with Crippen LogP contribution in [0.5, 0.6) is 0 Å². The Morgan fingerprint density at radius 3 is 2.67 bits per heavy atom. The first-order chi connectivity index (χ1) is 5.88. The fourth-order valence-electron chi connectivity index (χ4n) is 1.61. The first-order valence-electron chi connectivity index (χ1n) is 4.32. The minimum atomic E-state index is 0.594. The summed E-state index contributed by atoms with van der Waals surface area (Å²) in [7, 11) is 0. The first-order valence-corrected chi connectivity index (χ1v) is 4.69. The zero-order valence-corrected chi connectivity index (χ0v) is 7.64. The molecule has 1 N–H and O–H groups in total. The molecule has 1 saturated heterocycles. The lowest BCUT2D eigenvalue weighted by molar-refractivity contribution is 0.574. The van der Waals surface area contributed by atoms with Crippen LogP contribution in [0.2, 0.25) is 5.15 Å². The van der Waals surface area contributed by atoms with Gasteiger partial charge in [-0.05, 0) is 19.3 Å². The summed E-state index contributed by atoms with van der Waals surface area (Å²) in [6, 6.07) is 0. The minimum Gasteiger partial charge on any atom is -0.356 e. The van der Waals surface area contributed by atoms with Crippen molar-refractivity contribution in [3.05, 3.63) is 11.5 Å². The van der Waals surface area contributed by atoms with Crippen LogP contribution < -0.4 is 4.90 Å². The van der Waals surface area contributed by atoms with Crippen molar-refractivity contribution < 1.29 is 0 Å². The van der Waals surface area contributed by atoms with Crippen LogP contribution in [0.15, 0.2) is 6.33 Å². The number of hydrogen-bond acceptors (Lipinski definition) is 2. The summed E-state index contributed by atoms with van der Waals surface area (Å²) in [4.78, 5) is 9.28. The van der Waals surface area contributed by atoms with E-state index < -0.39 is 0 Å². The average Bonchev–Trinajstić information content (AvgIpc) is 2.53. The first kappa shape index (κ1) is 7.92. The Labute approximate surface area is 76.7 Å². The van der Waals surface area contributed by atoms with Crippen LogP contribution in [0, 0.1) is 0 Å². The van der Waals surface area contributed by atoms with Gasteiger partial charge in [0.05, 0.1) is 6.33 Å². The maximum atomic E-state index is 5.89. The van der Waals surface area contributed by atoms with Gasteiger partial charge in [-0.2, -0.15) is 0 Å². The quantitative estimate of drug-likeness (QED) is 0.727. The Bertz CT molecular complexity index is 253. The van der Waals surface area contributed by atoms with Crippen molar-refractivity contribution in [2.45, 2.75) is 19.3 Å². The number of piperidine rings is 1. The molecule has 4 heteroatoms. The van der Waals surface area contributed by atoms with Gasteiger partial charge in [0, 0.05) is 13.1 Å². The van der Waals surface area contributed by atoms with Crippen molar-refractivity contribution >= 4 is 17.4 Å². The lowest BCUT2D eigenvalue weighted by Crippen LogP contribution is -2.29. The molecule has 3 nitrogen and oxygen atoms in total. The van der Waals surface area contributed by atoms with Gasteiger partial charge in [-0.1, -0.05) is 11.6 Å². The van der Waals surface area contributed by atoms with Gasteiger partial charge in [-0.15, -0.1) is 0 Å². The zero-order chi connectivity index (χ0) is 8.39. The lowest BCUT2D eigenvalue weighted by Gasteiger charge is -2.27. The van der Waals surface area contributed by atoms with E-state index in [9.17, 15) is 0 Å². The van der Waals surface area contributed by atoms with Crippen LogP contribution in [0.4, 0.5) is 5.82 Å².